The van der Waals surface area contributed by atoms with Crippen LogP contribution in [0.5, 0.6) is 0 Å². The fourth-order valence-corrected chi connectivity index (χ4v) is 4.98. The number of hydrazine groups is 1. The summed E-state index contributed by atoms with van der Waals surface area (Å²) in [5.74, 6) is -0.458. The lowest BCUT2D eigenvalue weighted by Crippen LogP contribution is -2.41. The van der Waals surface area contributed by atoms with E-state index in [0.29, 0.717) is 5.56 Å². The number of carbonyl (C=O) groups is 2. The van der Waals surface area contributed by atoms with Crippen molar-refractivity contribution in [2.45, 2.75) is 6.04 Å². The summed E-state index contributed by atoms with van der Waals surface area (Å²) in [4.78, 5) is 31.9. The van der Waals surface area contributed by atoms with Crippen molar-refractivity contribution in [1.29, 1.82) is 0 Å². The van der Waals surface area contributed by atoms with Crippen molar-refractivity contribution in [2.75, 3.05) is 12.0 Å². The number of fused-ring (bicyclic) bond motifs is 2. The second-order valence-electron chi connectivity index (χ2n) is 8.79. The lowest BCUT2D eigenvalue weighted by molar-refractivity contribution is -0.121. The van der Waals surface area contributed by atoms with Crippen LogP contribution in [0.3, 0.4) is 0 Å². The van der Waals surface area contributed by atoms with Gasteiger partial charge in [-0.2, -0.15) is 0 Å². The molecule has 0 saturated heterocycles. The Bertz CT molecular complexity index is 1560. The molecule has 3 N–H and O–H groups in total. The van der Waals surface area contributed by atoms with E-state index in [0.717, 1.165) is 39.0 Å². The summed E-state index contributed by atoms with van der Waals surface area (Å²) in [6, 6.07) is 34.8. The van der Waals surface area contributed by atoms with Gasteiger partial charge in [0.25, 0.3) is 11.8 Å². The minimum atomic E-state index is -0.414. The zero-order chi connectivity index (χ0) is 24.5. The number of amides is 2. The van der Waals surface area contributed by atoms with Crippen LogP contribution in [0.2, 0.25) is 0 Å². The highest BCUT2D eigenvalue weighted by atomic mass is 16.2. The van der Waals surface area contributed by atoms with E-state index in [1.54, 1.807) is 4.90 Å². The van der Waals surface area contributed by atoms with E-state index in [1.165, 1.54) is 0 Å². The van der Waals surface area contributed by atoms with E-state index in [2.05, 4.69) is 34.0 Å². The summed E-state index contributed by atoms with van der Waals surface area (Å²) in [5, 5.41) is 1.03. The third kappa shape index (κ3) is 3.79. The van der Waals surface area contributed by atoms with Crippen LogP contribution in [0.15, 0.2) is 109 Å². The second-order valence-corrected chi connectivity index (χ2v) is 8.79. The number of carbonyl (C=O) groups excluding carboxylic acids is 2. The van der Waals surface area contributed by atoms with Crippen LogP contribution in [0, 0.1) is 0 Å². The monoisotopic (exact) mass is 472 g/mol. The third-order valence-electron chi connectivity index (χ3n) is 6.57. The average molecular weight is 473 g/mol. The molecule has 176 valence electrons. The first kappa shape index (κ1) is 21.7. The van der Waals surface area contributed by atoms with Gasteiger partial charge in [0.1, 0.15) is 6.54 Å². The largest absolute Gasteiger partial charge is 0.354 e. The molecule has 0 bridgehead atoms. The van der Waals surface area contributed by atoms with E-state index in [1.807, 2.05) is 91.0 Å². The highest BCUT2D eigenvalue weighted by molar-refractivity contribution is 6.03. The van der Waals surface area contributed by atoms with Gasteiger partial charge in [0.15, 0.2) is 0 Å². The van der Waals surface area contributed by atoms with Gasteiger partial charge < -0.3 is 9.88 Å². The van der Waals surface area contributed by atoms with Crippen LogP contribution < -0.4 is 10.9 Å². The molecule has 0 fully saturated rings. The van der Waals surface area contributed by atoms with Gasteiger partial charge in [-0.05, 0) is 35.4 Å². The molecule has 0 spiro atoms. The number of rotatable bonds is 6. The lowest BCUT2D eigenvalue weighted by atomic mass is 9.93. The summed E-state index contributed by atoms with van der Waals surface area (Å²) >= 11 is 0. The molecule has 1 aromatic heterocycles. The van der Waals surface area contributed by atoms with Crippen molar-refractivity contribution in [3.8, 4) is 11.3 Å². The molecule has 0 radical (unpaired) electrons. The minimum absolute atomic E-state index is 0.0915. The van der Waals surface area contributed by atoms with Crippen molar-refractivity contribution in [1.82, 2.24) is 15.3 Å². The van der Waals surface area contributed by atoms with Crippen LogP contribution in [0.1, 0.15) is 27.5 Å². The zero-order valence-corrected chi connectivity index (χ0v) is 19.4. The van der Waals surface area contributed by atoms with E-state index in [4.69, 9.17) is 0 Å². The molecule has 36 heavy (non-hydrogen) atoms. The van der Waals surface area contributed by atoms with Crippen LogP contribution >= 0.6 is 0 Å². The molecule has 5 aromatic rings. The second kappa shape index (κ2) is 9.07. The zero-order valence-electron chi connectivity index (χ0n) is 19.4. The summed E-state index contributed by atoms with van der Waals surface area (Å²) < 4.78 is 0. The number of hydrogen-bond acceptors (Lipinski definition) is 3. The predicted octanol–water partition coefficient (Wildman–Crippen LogP) is 5.52. The van der Waals surface area contributed by atoms with Gasteiger partial charge in [-0.3, -0.25) is 20.4 Å². The Morgan fingerprint density at radius 3 is 2.28 bits per heavy atom. The number of anilines is 1. The molecule has 1 atom stereocenters. The van der Waals surface area contributed by atoms with Crippen molar-refractivity contribution >= 4 is 28.4 Å². The Labute approximate surface area is 208 Å². The van der Waals surface area contributed by atoms with Gasteiger partial charge in [-0.1, -0.05) is 84.9 Å². The number of hydrogen-bond donors (Lipinski definition) is 3. The van der Waals surface area contributed by atoms with E-state index < -0.39 is 6.04 Å². The summed E-state index contributed by atoms with van der Waals surface area (Å²) in [7, 11) is 0. The van der Waals surface area contributed by atoms with Gasteiger partial charge in [0.05, 0.1) is 17.4 Å². The molecular weight excluding hydrogens is 448 g/mol. The number of H-pyrrole nitrogens is 1. The maximum absolute atomic E-state index is 13.6. The Balaban J connectivity index is 1.43. The minimum Gasteiger partial charge on any atom is -0.354 e. The summed E-state index contributed by atoms with van der Waals surface area (Å²) in [6.45, 7) is -0.0915. The van der Waals surface area contributed by atoms with Gasteiger partial charge in [-0.25, -0.2) is 0 Å². The first-order valence-electron chi connectivity index (χ1n) is 11.9. The molecule has 0 saturated carbocycles. The Kier molecular flexibility index (Phi) is 5.46. The molecule has 0 aliphatic carbocycles. The number of aromatic nitrogens is 1. The first-order valence-corrected chi connectivity index (χ1v) is 11.9. The number of para-hydroxylation sites is 2. The fourth-order valence-electron chi connectivity index (χ4n) is 4.98. The van der Waals surface area contributed by atoms with E-state index in [9.17, 15) is 9.59 Å². The fraction of sp³-hybridized carbons (Fsp3) is 0.0667. The van der Waals surface area contributed by atoms with Crippen molar-refractivity contribution in [3.63, 3.8) is 0 Å². The molecule has 2 heterocycles. The number of nitrogens with one attached hydrogen (secondary N) is 3. The van der Waals surface area contributed by atoms with Crippen molar-refractivity contribution in [3.05, 3.63) is 126 Å². The molecule has 6 nitrogen and oxygen atoms in total. The molecular formula is C30H24N4O2. The average Bonchev–Trinajstić information content (AvgIpc) is 3.44. The normalized spacial score (nSPS) is 14.6. The summed E-state index contributed by atoms with van der Waals surface area (Å²) in [5.41, 5.74) is 11.9. The predicted molar refractivity (Wildman–Crippen MR) is 141 cm³/mol. The third-order valence-corrected chi connectivity index (χ3v) is 6.57. The van der Waals surface area contributed by atoms with Gasteiger partial charge in [0.2, 0.25) is 0 Å². The molecule has 1 aliphatic heterocycles. The lowest BCUT2D eigenvalue weighted by Gasteiger charge is -2.26. The summed E-state index contributed by atoms with van der Waals surface area (Å²) in [6.07, 6.45) is 0. The van der Waals surface area contributed by atoms with E-state index in [-0.39, 0.29) is 18.4 Å². The number of nitrogens with zero attached hydrogens (tertiary/aromatic N) is 1. The maximum Gasteiger partial charge on any atom is 0.257 e. The highest BCUT2D eigenvalue weighted by Crippen LogP contribution is 2.45. The van der Waals surface area contributed by atoms with Crippen LogP contribution in [0.4, 0.5) is 5.69 Å². The van der Waals surface area contributed by atoms with Crippen molar-refractivity contribution in [2.24, 2.45) is 0 Å². The molecule has 1 unspecified atom stereocenters. The Hall–Kier alpha value is -4.84. The van der Waals surface area contributed by atoms with Crippen LogP contribution in [-0.2, 0) is 4.79 Å². The first-order chi connectivity index (χ1) is 17.7. The number of aromatic amines is 1. The highest BCUT2D eigenvalue weighted by Gasteiger charge is 2.40. The topological polar surface area (TPSA) is 77.2 Å². The molecule has 6 rings (SSSR count). The standard InChI is InChI=1S/C30H24N4O2/c35-26(33-32-21-13-5-2-6-14-21)19-34-29(22-15-7-8-16-23(22)30(34)36)27-24-17-9-10-18-25(24)31-28(27)20-11-3-1-4-12-20/h1-18,29,31-32H,19H2,(H,33,35). The smallest absolute Gasteiger partial charge is 0.257 e. The van der Waals surface area contributed by atoms with Gasteiger partial charge in [0, 0.05) is 22.0 Å². The maximum atomic E-state index is 13.6. The quantitative estimate of drug-likeness (QED) is 0.285. The van der Waals surface area contributed by atoms with E-state index >= 15 is 0 Å². The Morgan fingerprint density at radius 2 is 1.47 bits per heavy atom. The van der Waals surface area contributed by atoms with Crippen molar-refractivity contribution < 1.29 is 9.59 Å². The van der Waals surface area contributed by atoms with Crippen LogP contribution in [-0.4, -0.2) is 28.2 Å². The number of benzene rings is 4. The Morgan fingerprint density at radius 1 is 0.806 bits per heavy atom. The molecule has 2 amide bonds. The molecule has 4 aromatic carbocycles. The molecule has 6 heteroatoms. The van der Waals surface area contributed by atoms with Gasteiger partial charge >= 0.3 is 0 Å². The molecule has 1 aliphatic rings. The van der Waals surface area contributed by atoms with Crippen LogP contribution in [0.25, 0.3) is 22.2 Å². The van der Waals surface area contributed by atoms with Gasteiger partial charge in [-0.15, -0.1) is 0 Å². The SMILES string of the molecule is O=C(CN1C(=O)c2ccccc2C1c1c(-c2ccccc2)[nH]c2ccccc12)NNc1ccccc1.